The Labute approximate surface area is 109 Å². The zero-order chi connectivity index (χ0) is 12.4. The van der Waals surface area contributed by atoms with E-state index in [-0.39, 0.29) is 12.1 Å². The highest BCUT2D eigenvalue weighted by Gasteiger charge is 2.23. The van der Waals surface area contributed by atoms with Crippen LogP contribution < -0.4 is 5.32 Å². The monoisotopic (exact) mass is 245 g/mol. The van der Waals surface area contributed by atoms with Crippen LogP contribution >= 0.6 is 0 Å². The summed E-state index contributed by atoms with van der Waals surface area (Å²) in [5.74, 6) is 0.781. The third-order valence-electron chi connectivity index (χ3n) is 4.58. The third-order valence-corrected chi connectivity index (χ3v) is 4.58. The summed E-state index contributed by atoms with van der Waals surface area (Å²) in [7, 11) is 0. The van der Waals surface area contributed by atoms with Crippen LogP contribution in [0.1, 0.15) is 61.7 Å². The summed E-state index contributed by atoms with van der Waals surface area (Å²) < 4.78 is 0. The van der Waals surface area contributed by atoms with Crippen LogP contribution in [0.25, 0.3) is 0 Å². The number of piperidine rings is 1. The summed E-state index contributed by atoms with van der Waals surface area (Å²) in [6.45, 7) is 1.04. The zero-order valence-corrected chi connectivity index (χ0v) is 10.9. The van der Waals surface area contributed by atoms with Gasteiger partial charge in [-0.25, -0.2) is 0 Å². The molecule has 98 valence electrons. The van der Waals surface area contributed by atoms with Crippen molar-refractivity contribution in [2.45, 2.75) is 56.6 Å². The first-order valence-corrected chi connectivity index (χ1v) is 7.36. The van der Waals surface area contributed by atoms with Gasteiger partial charge in [0.2, 0.25) is 0 Å². The molecule has 2 aliphatic rings. The van der Waals surface area contributed by atoms with E-state index < -0.39 is 0 Å². The van der Waals surface area contributed by atoms with Gasteiger partial charge in [-0.15, -0.1) is 0 Å². The molecular weight excluding hydrogens is 222 g/mol. The minimum Gasteiger partial charge on any atom is -0.387 e. The van der Waals surface area contributed by atoms with Gasteiger partial charge < -0.3 is 10.4 Å². The van der Waals surface area contributed by atoms with Crippen LogP contribution in [0, 0.1) is 0 Å². The number of aliphatic hydroxyl groups excluding tert-OH is 1. The lowest BCUT2D eigenvalue weighted by molar-refractivity contribution is 0.114. The van der Waals surface area contributed by atoms with Crippen molar-refractivity contribution in [1.82, 2.24) is 5.32 Å². The Morgan fingerprint density at radius 2 is 1.78 bits per heavy atom. The summed E-state index contributed by atoms with van der Waals surface area (Å²) in [5.41, 5.74) is 2.52. The first-order valence-electron chi connectivity index (χ1n) is 7.36. The van der Waals surface area contributed by atoms with Crippen molar-refractivity contribution in [2.75, 3.05) is 6.54 Å². The average molecular weight is 245 g/mol. The summed E-state index contributed by atoms with van der Waals surface area (Å²) in [4.78, 5) is 0. The van der Waals surface area contributed by atoms with Crippen LogP contribution in [-0.2, 0) is 0 Å². The second kappa shape index (κ2) is 5.41. The molecule has 2 unspecified atom stereocenters. The molecule has 2 heteroatoms. The number of rotatable bonds is 3. The van der Waals surface area contributed by atoms with Crippen molar-refractivity contribution in [3.63, 3.8) is 0 Å². The molecule has 0 aromatic heterocycles. The fraction of sp³-hybridized carbons (Fsp3) is 0.625. The first-order chi connectivity index (χ1) is 8.84. The van der Waals surface area contributed by atoms with E-state index in [9.17, 15) is 5.11 Å². The Balaban J connectivity index is 1.67. The quantitative estimate of drug-likeness (QED) is 0.857. The number of hydrogen-bond donors (Lipinski definition) is 2. The van der Waals surface area contributed by atoms with E-state index in [0.717, 1.165) is 24.4 Å². The maximum absolute atomic E-state index is 10.4. The van der Waals surface area contributed by atoms with E-state index >= 15 is 0 Å². The van der Waals surface area contributed by atoms with Gasteiger partial charge in [-0.1, -0.05) is 37.1 Å². The minimum atomic E-state index is -0.347. The summed E-state index contributed by atoms with van der Waals surface area (Å²) in [5, 5.41) is 13.8. The number of nitrogens with one attached hydrogen (secondary N) is 1. The Bertz CT molecular complexity index is 377. The Morgan fingerprint density at radius 3 is 2.33 bits per heavy atom. The lowest BCUT2D eigenvalue weighted by Gasteiger charge is -2.29. The summed E-state index contributed by atoms with van der Waals surface area (Å²) in [6, 6.07) is 8.91. The molecule has 0 bridgehead atoms. The van der Waals surface area contributed by atoms with Crippen LogP contribution in [0.4, 0.5) is 0 Å². The zero-order valence-electron chi connectivity index (χ0n) is 10.9. The van der Waals surface area contributed by atoms with Gasteiger partial charge in [0.25, 0.3) is 0 Å². The smallest absolute Gasteiger partial charge is 0.0942 e. The first kappa shape index (κ1) is 12.2. The molecule has 2 atom stereocenters. The SMILES string of the molecule is OC(c1ccc(C2CCC2)cc1)C1CCCCN1. The molecule has 1 aromatic rings. The van der Waals surface area contributed by atoms with E-state index in [4.69, 9.17) is 0 Å². The van der Waals surface area contributed by atoms with Crippen molar-refractivity contribution in [1.29, 1.82) is 0 Å². The van der Waals surface area contributed by atoms with Crippen LogP contribution in [0.5, 0.6) is 0 Å². The van der Waals surface area contributed by atoms with Crippen LogP contribution in [0.2, 0.25) is 0 Å². The molecule has 0 spiro atoms. The van der Waals surface area contributed by atoms with Crippen molar-refractivity contribution in [3.05, 3.63) is 35.4 Å². The molecule has 1 heterocycles. The Kier molecular flexibility index (Phi) is 3.67. The van der Waals surface area contributed by atoms with Crippen LogP contribution in [0.15, 0.2) is 24.3 Å². The number of hydrogen-bond acceptors (Lipinski definition) is 2. The van der Waals surface area contributed by atoms with Crippen molar-refractivity contribution in [2.24, 2.45) is 0 Å². The highest BCUT2D eigenvalue weighted by molar-refractivity contribution is 5.28. The molecule has 1 aliphatic carbocycles. The van der Waals surface area contributed by atoms with E-state index in [1.807, 2.05) is 0 Å². The normalized spacial score (nSPS) is 26.6. The Hall–Kier alpha value is -0.860. The molecule has 2 N–H and O–H groups in total. The molecular formula is C16H23NO. The molecule has 2 fully saturated rings. The maximum atomic E-state index is 10.4. The molecule has 1 saturated carbocycles. The molecule has 1 aliphatic heterocycles. The molecule has 1 aromatic carbocycles. The van der Waals surface area contributed by atoms with Crippen LogP contribution in [0.3, 0.4) is 0 Å². The Morgan fingerprint density at radius 1 is 1.00 bits per heavy atom. The maximum Gasteiger partial charge on any atom is 0.0942 e. The molecule has 1 saturated heterocycles. The summed E-state index contributed by atoms with van der Waals surface area (Å²) in [6.07, 6.45) is 7.27. The fourth-order valence-electron chi connectivity index (χ4n) is 3.09. The minimum absolute atomic E-state index is 0.244. The molecule has 3 rings (SSSR count). The largest absolute Gasteiger partial charge is 0.387 e. The lowest BCUT2D eigenvalue weighted by Crippen LogP contribution is -2.38. The second-order valence-electron chi connectivity index (χ2n) is 5.80. The third kappa shape index (κ3) is 2.45. The van der Waals surface area contributed by atoms with Gasteiger partial charge >= 0.3 is 0 Å². The van der Waals surface area contributed by atoms with Gasteiger partial charge in [0.15, 0.2) is 0 Å². The molecule has 0 radical (unpaired) electrons. The van der Waals surface area contributed by atoms with E-state index in [2.05, 4.69) is 29.6 Å². The van der Waals surface area contributed by atoms with Crippen molar-refractivity contribution < 1.29 is 5.11 Å². The van der Waals surface area contributed by atoms with Gasteiger partial charge in [0, 0.05) is 6.04 Å². The number of benzene rings is 1. The summed E-state index contributed by atoms with van der Waals surface area (Å²) >= 11 is 0. The molecule has 0 amide bonds. The van der Waals surface area contributed by atoms with Gasteiger partial charge in [-0.2, -0.15) is 0 Å². The van der Waals surface area contributed by atoms with Gasteiger partial charge in [-0.05, 0) is 49.3 Å². The average Bonchev–Trinajstić information content (AvgIpc) is 2.38. The second-order valence-corrected chi connectivity index (χ2v) is 5.80. The number of aliphatic hydroxyl groups is 1. The van der Waals surface area contributed by atoms with Gasteiger partial charge in [0.1, 0.15) is 0 Å². The van der Waals surface area contributed by atoms with E-state index in [0.29, 0.717) is 0 Å². The molecule has 18 heavy (non-hydrogen) atoms. The van der Waals surface area contributed by atoms with Gasteiger partial charge in [-0.3, -0.25) is 0 Å². The van der Waals surface area contributed by atoms with Crippen molar-refractivity contribution in [3.8, 4) is 0 Å². The van der Waals surface area contributed by atoms with Gasteiger partial charge in [0.05, 0.1) is 6.10 Å². The molecule has 2 nitrogen and oxygen atoms in total. The van der Waals surface area contributed by atoms with E-state index in [1.54, 1.807) is 0 Å². The van der Waals surface area contributed by atoms with Crippen molar-refractivity contribution >= 4 is 0 Å². The predicted octanol–water partition coefficient (Wildman–Crippen LogP) is 3.13. The predicted molar refractivity (Wildman–Crippen MR) is 73.6 cm³/mol. The topological polar surface area (TPSA) is 32.3 Å². The van der Waals surface area contributed by atoms with Crippen LogP contribution in [-0.4, -0.2) is 17.7 Å². The lowest BCUT2D eigenvalue weighted by atomic mass is 9.79. The van der Waals surface area contributed by atoms with E-state index in [1.165, 1.54) is 37.7 Å². The highest BCUT2D eigenvalue weighted by Crippen LogP contribution is 2.36. The highest BCUT2D eigenvalue weighted by atomic mass is 16.3. The standard InChI is InChI=1S/C16H23NO/c18-16(15-6-1-2-11-17-15)14-9-7-13(8-10-14)12-4-3-5-12/h7-10,12,15-18H,1-6,11H2. The fourth-order valence-corrected chi connectivity index (χ4v) is 3.09.